The summed E-state index contributed by atoms with van der Waals surface area (Å²) in [5.74, 6) is 2.82. The first-order valence-electron chi connectivity index (χ1n) is 8.74. The minimum Gasteiger partial charge on any atom is -0.484 e. The standard InChI is InChI=1S/C20H18N4O3S/c1-14-6-5-9-16(10-14)25-12-18-22-23-20(26-18)28-13-19-21-17(24-27-19)11-15-7-3-2-4-8-15/h2-10H,11-13H2,1H3. The van der Waals surface area contributed by atoms with Crippen molar-refractivity contribution in [3.63, 3.8) is 0 Å². The Morgan fingerprint density at radius 1 is 1.00 bits per heavy atom. The van der Waals surface area contributed by atoms with E-state index in [-0.39, 0.29) is 6.61 Å². The third-order valence-corrected chi connectivity index (χ3v) is 4.64. The van der Waals surface area contributed by atoms with Crippen LogP contribution in [-0.4, -0.2) is 20.3 Å². The van der Waals surface area contributed by atoms with E-state index in [2.05, 4.69) is 20.3 Å². The van der Waals surface area contributed by atoms with Gasteiger partial charge in [-0.1, -0.05) is 59.4 Å². The summed E-state index contributed by atoms with van der Waals surface area (Å²) < 4.78 is 16.5. The van der Waals surface area contributed by atoms with E-state index in [1.807, 2.05) is 61.5 Å². The summed E-state index contributed by atoms with van der Waals surface area (Å²) in [5, 5.41) is 12.5. The molecule has 0 aliphatic rings. The molecule has 0 atom stereocenters. The molecule has 8 heteroatoms. The molecular weight excluding hydrogens is 376 g/mol. The van der Waals surface area contributed by atoms with Gasteiger partial charge < -0.3 is 13.7 Å². The number of aryl methyl sites for hydroxylation is 1. The van der Waals surface area contributed by atoms with Gasteiger partial charge in [-0.3, -0.25) is 0 Å². The maximum absolute atomic E-state index is 5.66. The van der Waals surface area contributed by atoms with Crippen LogP contribution in [0, 0.1) is 6.92 Å². The Kier molecular flexibility index (Phi) is 5.67. The number of hydrogen-bond acceptors (Lipinski definition) is 8. The molecule has 2 aromatic heterocycles. The van der Waals surface area contributed by atoms with E-state index >= 15 is 0 Å². The topological polar surface area (TPSA) is 87.1 Å². The Morgan fingerprint density at radius 3 is 2.75 bits per heavy atom. The fraction of sp³-hybridized carbons (Fsp3) is 0.200. The lowest BCUT2D eigenvalue weighted by Gasteiger charge is -2.03. The number of hydrogen-bond donors (Lipinski definition) is 0. The molecule has 0 fully saturated rings. The van der Waals surface area contributed by atoms with Crippen LogP contribution in [0.5, 0.6) is 5.75 Å². The number of nitrogens with zero attached hydrogens (tertiary/aromatic N) is 4. The van der Waals surface area contributed by atoms with Gasteiger partial charge in [-0.2, -0.15) is 4.98 Å². The predicted molar refractivity (Wildman–Crippen MR) is 103 cm³/mol. The van der Waals surface area contributed by atoms with Gasteiger partial charge >= 0.3 is 0 Å². The lowest BCUT2D eigenvalue weighted by Crippen LogP contribution is -1.95. The summed E-state index contributed by atoms with van der Waals surface area (Å²) in [4.78, 5) is 4.40. The van der Waals surface area contributed by atoms with Gasteiger partial charge in [0.15, 0.2) is 12.4 Å². The number of ether oxygens (including phenoxy) is 1. The Balaban J connectivity index is 1.27. The second-order valence-corrected chi connectivity index (χ2v) is 7.05. The minimum atomic E-state index is 0.221. The SMILES string of the molecule is Cc1cccc(OCc2nnc(SCc3nc(Cc4ccccc4)no3)o2)c1. The van der Waals surface area contributed by atoms with Crippen molar-refractivity contribution in [1.82, 2.24) is 20.3 Å². The van der Waals surface area contributed by atoms with E-state index in [0.717, 1.165) is 16.9 Å². The average molecular weight is 394 g/mol. The first-order valence-corrected chi connectivity index (χ1v) is 9.73. The largest absolute Gasteiger partial charge is 0.484 e. The van der Waals surface area contributed by atoms with Gasteiger partial charge in [0, 0.05) is 6.42 Å². The summed E-state index contributed by atoms with van der Waals surface area (Å²) in [6, 6.07) is 17.8. The van der Waals surface area contributed by atoms with Crippen LogP contribution in [0.25, 0.3) is 0 Å². The smallest absolute Gasteiger partial charge is 0.277 e. The van der Waals surface area contributed by atoms with Crippen molar-refractivity contribution in [3.8, 4) is 5.75 Å². The summed E-state index contributed by atoms with van der Waals surface area (Å²) in [7, 11) is 0. The zero-order valence-corrected chi connectivity index (χ0v) is 16.1. The van der Waals surface area contributed by atoms with E-state index in [1.165, 1.54) is 11.8 Å². The predicted octanol–water partition coefficient (Wildman–Crippen LogP) is 4.22. The van der Waals surface area contributed by atoms with Crippen LogP contribution in [-0.2, 0) is 18.8 Å². The zero-order valence-electron chi connectivity index (χ0n) is 15.2. The van der Waals surface area contributed by atoms with Gasteiger partial charge in [-0.05, 0) is 30.2 Å². The number of rotatable bonds is 8. The molecule has 2 aromatic carbocycles. The number of aromatic nitrogens is 4. The highest BCUT2D eigenvalue weighted by molar-refractivity contribution is 7.98. The van der Waals surface area contributed by atoms with Crippen molar-refractivity contribution in [1.29, 1.82) is 0 Å². The third kappa shape index (κ3) is 4.98. The second-order valence-electron chi connectivity index (χ2n) is 6.12. The molecule has 0 unspecified atom stereocenters. The summed E-state index contributed by atoms with van der Waals surface area (Å²) >= 11 is 1.35. The molecule has 4 aromatic rings. The maximum atomic E-state index is 5.66. The van der Waals surface area contributed by atoms with Crippen molar-refractivity contribution in [2.45, 2.75) is 30.9 Å². The first-order chi connectivity index (χ1) is 13.7. The molecule has 0 aliphatic carbocycles. The fourth-order valence-electron chi connectivity index (χ4n) is 2.53. The van der Waals surface area contributed by atoms with E-state index in [9.17, 15) is 0 Å². The number of thioether (sulfide) groups is 1. The van der Waals surface area contributed by atoms with E-state index in [4.69, 9.17) is 13.7 Å². The van der Waals surface area contributed by atoms with Gasteiger partial charge in [0.05, 0.1) is 5.75 Å². The lowest BCUT2D eigenvalue weighted by atomic mass is 10.1. The second kappa shape index (κ2) is 8.71. The normalized spacial score (nSPS) is 10.9. The highest BCUT2D eigenvalue weighted by atomic mass is 32.2. The van der Waals surface area contributed by atoms with Crippen molar-refractivity contribution in [2.75, 3.05) is 0 Å². The summed E-state index contributed by atoms with van der Waals surface area (Å²) in [6.45, 7) is 2.23. The molecule has 0 radical (unpaired) electrons. The van der Waals surface area contributed by atoms with Crippen LogP contribution >= 0.6 is 11.8 Å². The van der Waals surface area contributed by atoms with Gasteiger partial charge in [0.25, 0.3) is 11.1 Å². The van der Waals surface area contributed by atoms with Crippen molar-refractivity contribution in [2.24, 2.45) is 0 Å². The van der Waals surface area contributed by atoms with E-state index in [0.29, 0.717) is 35.0 Å². The van der Waals surface area contributed by atoms with Gasteiger partial charge in [-0.25, -0.2) is 0 Å². The zero-order chi connectivity index (χ0) is 19.2. The fourth-order valence-corrected chi connectivity index (χ4v) is 3.15. The van der Waals surface area contributed by atoms with Crippen LogP contribution in [0.1, 0.15) is 28.7 Å². The highest BCUT2D eigenvalue weighted by Gasteiger charge is 2.12. The molecule has 2 heterocycles. The quantitative estimate of drug-likeness (QED) is 0.411. The Hall–Kier alpha value is -3.13. The number of benzene rings is 2. The van der Waals surface area contributed by atoms with Crippen molar-refractivity contribution < 1.29 is 13.7 Å². The van der Waals surface area contributed by atoms with Crippen molar-refractivity contribution >= 4 is 11.8 Å². The van der Waals surface area contributed by atoms with Gasteiger partial charge in [0.2, 0.25) is 5.89 Å². The van der Waals surface area contributed by atoms with Crippen LogP contribution < -0.4 is 4.74 Å². The molecule has 0 N–H and O–H groups in total. The monoisotopic (exact) mass is 394 g/mol. The highest BCUT2D eigenvalue weighted by Crippen LogP contribution is 2.22. The van der Waals surface area contributed by atoms with Crippen LogP contribution in [0.4, 0.5) is 0 Å². The van der Waals surface area contributed by atoms with E-state index < -0.39 is 0 Å². The lowest BCUT2D eigenvalue weighted by molar-refractivity contribution is 0.252. The molecule has 0 bridgehead atoms. The summed E-state index contributed by atoms with van der Waals surface area (Å²) in [5.41, 5.74) is 2.27. The molecule has 0 saturated heterocycles. The first kappa shape index (κ1) is 18.2. The molecule has 0 aliphatic heterocycles. The van der Waals surface area contributed by atoms with Crippen LogP contribution in [0.15, 0.2) is 68.8 Å². The Labute approximate surface area is 166 Å². The molecule has 0 amide bonds. The van der Waals surface area contributed by atoms with Gasteiger partial charge in [0.1, 0.15) is 5.75 Å². The average Bonchev–Trinajstić information content (AvgIpc) is 3.35. The Bertz CT molecular complexity index is 1030. The molecular formula is C20H18N4O3S. The van der Waals surface area contributed by atoms with Crippen LogP contribution in [0.3, 0.4) is 0 Å². The van der Waals surface area contributed by atoms with Gasteiger partial charge in [-0.15, -0.1) is 10.2 Å². The molecule has 28 heavy (non-hydrogen) atoms. The molecule has 4 rings (SSSR count). The van der Waals surface area contributed by atoms with E-state index in [1.54, 1.807) is 0 Å². The minimum absolute atomic E-state index is 0.221. The summed E-state index contributed by atoms with van der Waals surface area (Å²) in [6.07, 6.45) is 0.635. The van der Waals surface area contributed by atoms with Crippen molar-refractivity contribution in [3.05, 3.63) is 83.3 Å². The molecule has 7 nitrogen and oxygen atoms in total. The molecule has 0 saturated carbocycles. The molecule has 0 spiro atoms. The molecule has 142 valence electrons. The van der Waals surface area contributed by atoms with Crippen LogP contribution in [0.2, 0.25) is 0 Å². The third-order valence-electron chi connectivity index (χ3n) is 3.83. The maximum Gasteiger partial charge on any atom is 0.277 e. The Morgan fingerprint density at radius 2 is 1.89 bits per heavy atom.